The topological polar surface area (TPSA) is 88.0 Å². The van der Waals surface area contributed by atoms with E-state index in [1.54, 1.807) is 19.1 Å². The van der Waals surface area contributed by atoms with Gasteiger partial charge in [-0.3, -0.25) is 0 Å². The van der Waals surface area contributed by atoms with Crippen molar-refractivity contribution < 1.29 is 20.7 Å². The number of fused-ring (bicyclic) bond motifs is 1. The zero-order chi connectivity index (χ0) is 16.1. The van der Waals surface area contributed by atoms with E-state index in [0.717, 1.165) is 12.0 Å². The van der Waals surface area contributed by atoms with Crippen LogP contribution in [0.2, 0.25) is 0 Å². The number of aliphatic carboxylic acids is 1. The van der Waals surface area contributed by atoms with Crippen LogP contribution in [0.15, 0.2) is 54.6 Å². The highest BCUT2D eigenvalue weighted by atomic mass is 16.4. The summed E-state index contributed by atoms with van der Waals surface area (Å²) in [5.41, 5.74) is 7.15. The molecule has 1 aliphatic carbocycles. The summed E-state index contributed by atoms with van der Waals surface area (Å²) in [5, 5.41) is 19.8. The highest BCUT2D eigenvalue weighted by molar-refractivity contribution is 5.73. The van der Waals surface area contributed by atoms with E-state index in [0.29, 0.717) is 0 Å². The average Bonchev–Trinajstić information content (AvgIpc) is 2.83. The van der Waals surface area contributed by atoms with Gasteiger partial charge in [-0.25, -0.2) is 0 Å². The van der Waals surface area contributed by atoms with Gasteiger partial charge in [0.15, 0.2) is 0 Å². The van der Waals surface area contributed by atoms with Crippen LogP contribution in [-0.2, 0) is 11.2 Å². The summed E-state index contributed by atoms with van der Waals surface area (Å²) in [6.07, 6.45) is 0.497. The Balaban J connectivity index is 0.000000160. The van der Waals surface area contributed by atoms with Crippen LogP contribution >= 0.6 is 0 Å². The molecule has 4 N–H and O–H groups in total. The number of benzene rings is 2. The molecule has 0 bridgehead atoms. The third-order valence-electron chi connectivity index (χ3n) is 4.00. The fourth-order valence-electron chi connectivity index (χ4n) is 2.53. The van der Waals surface area contributed by atoms with Gasteiger partial charge in [0.2, 0.25) is 0 Å². The van der Waals surface area contributed by atoms with Crippen molar-refractivity contribution in [3.63, 3.8) is 0 Å². The number of quaternary nitrogens is 1. The van der Waals surface area contributed by atoms with E-state index in [-0.39, 0.29) is 12.1 Å². The molecule has 0 spiro atoms. The second-order valence-electron chi connectivity index (χ2n) is 5.53. The number of aliphatic hydroxyl groups is 1. The average molecular weight is 299 g/mol. The number of hydrogen-bond donors (Lipinski definition) is 2. The predicted octanol–water partition coefficient (Wildman–Crippen LogP) is 0.427. The number of carbonyl (C=O) groups excluding carboxylic acids is 1. The van der Waals surface area contributed by atoms with Gasteiger partial charge in [0, 0.05) is 23.9 Å². The van der Waals surface area contributed by atoms with Crippen molar-refractivity contribution in [2.75, 3.05) is 0 Å². The Labute approximate surface area is 130 Å². The van der Waals surface area contributed by atoms with Crippen molar-refractivity contribution >= 4 is 5.97 Å². The molecule has 22 heavy (non-hydrogen) atoms. The van der Waals surface area contributed by atoms with E-state index >= 15 is 0 Å². The van der Waals surface area contributed by atoms with Crippen LogP contribution in [0.4, 0.5) is 0 Å². The highest BCUT2D eigenvalue weighted by Gasteiger charge is 2.30. The lowest BCUT2D eigenvalue weighted by atomic mass is 10.0. The van der Waals surface area contributed by atoms with Crippen LogP contribution < -0.4 is 10.8 Å². The zero-order valence-electron chi connectivity index (χ0n) is 12.6. The van der Waals surface area contributed by atoms with Crippen LogP contribution in [0.3, 0.4) is 0 Å². The van der Waals surface area contributed by atoms with Gasteiger partial charge in [0.25, 0.3) is 0 Å². The minimum absolute atomic E-state index is 0.0752. The van der Waals surface area contributed by atoms with Crippen molar-refractivity contribution in [1.29, 1.82) is 0 Å². The van der Waals surface area contributed by atoms with Gasteiger partial charge in [-0.1, -0.05) is 61.5 Å². The maximum atomic E-state index is 10.4. The van der Waals surface area contributed by atoms with E-state index < -0.39 is 11.9 Å². The fourth-order valence-corrected chi connectivity index (χ4v) is 2.53. The van der Waals surface area contributed by atoms with Crippen molar-refractivity contribution in [1.82, 2.24) is 0 Å². The third-order valence-corrected chi connectivity index (χ3v) is 4.00. The molecule has 4 nitrogen and oxygen atoms in total. The minimum atomic E-state index is -1.03. The van der Waals surface area contributed by atoms with Gasteiger partial charge < -0.3 is 20.7 Å². The summed E-state index contributed by atoms with van der Waals surface area (Å²) >= 11 is 0. The second-order valence-corrected chi connectivity index (χ2v) is 5.53. The van der Waals surface area contributed by atoms with Crippen LogP contribution in [0.25, 0.3) is 0 Å². The van der Waals surface area contributed by atoms with E-state index in [1.165, 1.54) is 11.1 Å². The molecule has 0 amide bonds. The monoisotopic (exact) mass is 299 g/mol. The second kappa shape index (κ2) is 7.20. The van der Waals surface area contributed by atoms with E-state index in [4.69, 9.17) is 0 Å². The first-order valence-electron chi connectivity index (χ1n) is 7.35. The standard InChI is InChI=1S/C9H11NO.C9H10O2/c10-9-7-4-2-1-3-6(7)5-8(9)11;1-7(9(10)11)8-5-3-2-4-6-8/h1-4,8-9,11H,5,10H2;2-7H,1H3,(H,10,11)/t8-,9+;7-/m00/s1. The molecule has 0 radical (unpaired) electrons. The van der Waals surface area contributed by atoms with E-state index in [2.05, 4.69) is 11.8 Å². The molecular weight excluding hydrogens is 278 g/mol. The van der Waals surface area contributed by atoms with Crippen LogP contribution in [0.1, 0.15) is 35.6 Å². The third kappa shape index (κ3) is 3.72. The minimum Gasteiger partial charge on any atom is -0.550 e. The Morgan fingerprint density at radius 2 is 1.77 bits per heavy atom. The summed E-state index contributed by atoms with van der Waals surface area (Å²) in [6, 6.07) is 17.2. The number of aliphatic hydroxyl groups excluding tert-OH is 1. The molecule has 1 aliphatic rings. The van der Waals surface area contributed by atoms with Gasteiger partial charge in [-0.15, -0.1) is 0 Å². The van der Waals surface area contributed by atoms with Crippen LogP contribution in [0, 0.1) is 0 Å². The van der Waals surface area contributed by atoms with Gasteiger partial charge >= 0.3 is 0 Å². The van der Waals surface area contributed by atoms with Gasteiger partial charge in [0.05, 0.1) is 0 Å². The molecule has 2 aromatic carbocycles. The molecule has 3 rings (SSSR count). The van der Waals surface area contributed by atoms with Crippen LogP contribution in [-0.4, -0.2) is 17.2 Å². The Morgan fingerprint density at radius 3 is 2.36 bits per heavy atom. The molecule has 0 saturated carbocycles. The summed E-state index contributed by atoms with van der Waals surface area (Å²) in [6.45, 7) is 1.62. The first kappa shape index (κ1) is 16.2. The maximum Gasteiger partial charge on any atom is 0.137 e. The Hall–Kier alpha value is -2.17. The molecule has 0 heterocycles. The molecular formula is C18H21NO3. The Morgan fingerprint density at radius 1 is 1.18 bits per heavy atom. The van der Waals surface area contributed by atoms with Gasteiger partial charge in [0.1, 0.15) is 12.1 Å². The Bertz CT molecular complexity index is 627. The molecule has 2 aromatic rings. The smallest absolute Gasteiger partial charge is 0.137 e. The molecule has 0 saturated heterocycles. The first-order chi connectivity index (χ1) is 10.5. The molecule has 4 heteroatoms. The normalized spacial score (nSPS) is 20.5. The number of carbonyl (C=O) groups is 1. The molecule has 116 valence electrons. The summed E-state index contributed by atoms with van der Waals surface area (Å²) in [7, 11) is 0. The van der Waals surface area contributed by atoms with Crippen molar-refractivity contribution in [3.8, 4) is 0 Å². The maximum absolute atomic E-state index is 10.4. The number of carboxylic acid groups (broad SMARTS) is 1. The fraction of sp³-hybridized carbons (Fsp3) is 0.278. The predicted molar refractivity (Wildman–Crippen MR) is 81.6 cm³/mol. The number of carboxylic acids is 1. The SMILES string of the molecule is C[C@H](C(=O)[O-])c1ccccc1.[NH3+][C@@H]1c2ccccc2C[C@@H]1O. The quantitative estimate of drug-likeness (QED) is 0.842. The van der Waals surface area contributed by atoms with Crippen molar-refractivity contribution in [2.24, 2.45) is 0 Å². The molecule has 0 unspecified atom stereocenters. The lowest BCUT2D eigenvalue weighted by molar-refractivity contribution is -0.441. The summed E-state index contributed by atoms with van der Waals surface area (Å²) in [4.78, 5) is 10.4. The van der Waals surface area contributed by atoms with Crippen molar-refractivity contribution in [3.05, 3.63) is 71.3 Å². The van der Waals surface area contributed by atoms with Gasteiger partial charge in [-0.2, -0.15) is 0 Å². The zero-order valence-corrected chi connectivity index (χ0v) is 12.6. The first-order valence-corrected chi connectivity index (χ1v) is 7.35. The van der Waals surface area contributed by atoms with E-state index in [1.807, 2.05) is 36.4 Å². The van der Waals surface area contributed by atoms with Gasteiger partial charge in [-0.05, 0) is 11.1 Å². The van der Waals surface area contributed by atoms with Crippen molar-refractivity contribution in [2.45, 2.75) is 31.4 Å². The number of hydrogen-bond acceptors (Lipinski definition) is 3. The molecule has 0 aromatic heterocycles. The Kier molecular flexibility index (Phi) is 5.31. The summed E-state index contributed by atoms with van der Waals surface area (Å²) < 4.78 is 0. The molecule has 0 aliphatic heterocycles. The number of rotatable bonds is 2. The van der Waals surface area contributed by atoms with Crippen LogP contribution in [0.5, 0.6) is 0 Å². The lowest BCUT2D eigenvalue weighted by Gasteiger charge is -2.11. The van der Waals surface area contributed by atoms with E-state index in [9.17, 15) is 15.0 Å². The highest BCUT2D eigenvalue weighted by Crippen LogP contribution is 2.27. The summed E-state index contributed by atoms with van der Waals surface area (Å²) in [5.74, 6) is -1.55. The lowest BCUT2D eigenvalue weighted by Crippen LogP contribution is -2.57. The molecule has 3 atom stereocenters. The largest absolute Gasteiger partial charge is 0.550 e. The molecule has 0 fully saturated rings.